The lowest BCUT2D eigenvalue weighted by molar-refractivity contribution is -0.385. The van der Waals surface area contributed by atoms with Gasteiger partial charge in [-0.2, -0.15) is 0 Å². The molecule has 2 aromatic rings. The first kappa shape index (κ1) is 18.2. The van der Waals surface area contributed by atoms with Crippen LogP contribution in [0.1, 0.15) is 17.2 Å². The first-order valence-corrected chi connectivity index (χ1v) is 9.95. The van der Waals surface area contributed by atoms with Crippen LogP contribution in [0.15, 0.2) is 36.4 Å². The summed E-state index contributed by atoms with van der Waals surface area (Å²) in [6.45, 7) is 4.38. The Hall–Kier alpha value is -2.84. The first-order valence-electron chi connectivity index (χ1n) is 9.95. The lowest BCUT2D eigenvalue weighted by Gasteiger charge is -2.40. The van der Waals surface area contributed by atoms with Crippen molar-refractivity contribution in [3.8, 4) is 11.5 Å². The van der Waals surface area contributed by atoms with Crippen LogP contribution in [-0.4, -0.2) is 60.4 Å². The van der Waals surface area contributed by atoms with E-state index in [-0.39, 0.29) is 11.7 Å². The molecule has 0 amide bonds. The molecule has 0 aromatic heterocycles. The zero-order chi connectivity index (χ0) is 20.0. The lowest BCUT2D eigenvalue weighted by Crippen LogP contribution is -2.51. The summed E-state index contributed by atoms with van der Waals surface area (Å²) in [6.07, 6.45) is 0.0179. The summed E-state index contributed by atoms with van der Waals surface area (Å²) in [5.74, 6) is 1.60. The van der Waals surface area contributed by atoms with Crippen LogP contribution in [-0.2, 0) is 6.42 Å². The highest BCUT2D eigenvalue weighted by molar-refractivity contribution is 5.65. The van der Waals surface area contributed by atoms with Crippen molar-refractivity contribution in [3.05, 3.63) is 57.6 Å². The van der Waals surface area contributed by atoms with Crippen LogP contribution in [0.4, 0.5) is 11.4 Å². The van der Waals surface area contributed by atoms with Gasteiger partial charge in [-0.05, 0) is 29.7 Å². The minimum atomic E-state index is -0.697. The molecule has 0 bridgehead atoms. The fourth-order valence-electron chi connectivity index (χ4n) is 4.63. The summed E-state index contributed by atoms with van der Waals surface area (Å²) in [5.41, 5.74) is 2.77. The summed E-state index contributed by atoms with van der Waals surface area (Å²) >= 11 is 0. The number of non-ortho nitro benzene ring substituents is 1. The number of piperazine rings is 1. The minimum absolute atomic E-state index is 0.0318. The number of benzene rings is 2. The van der Waals surface area contributed by atoms with Gasteiger partial charge in [0.05, 0.1) is 16.7 Å². The minimum Gasteiger partial charge on any atom is -0.486 e. The monoisotopic (exact) mass is 397 g/mol. The van der Waals surface area contributed by atoms with Crippen LogP contribution in [0, 0.1) is 10.1 Å². The molecule has 2 aliphatic heterocycles. The van der Waals surface area contributed by atoms with E-state index < -0.39 is 11.0 Å². The number of nitrogens with zero attached hydrogens (tertiary/aromatic N) is 3. The summed E-state index contributed by atoms with van der Waals surface area (Å²) < 4.78 is 11.5. The molecule has 0 radical (unpaired) electrons. The third-order valence-electron chi connectivity index (χ3n) is 6.12. The molecule has 2 heterocycles. The van der Waals surface area contributed by atoms with Gasteiger partial charge in [-0.15, -0.1) is 0 Å². The van der Waals surface area contributed by atoms with E-state index in [1.54, 1.807) is 6.07 Å². The molecule has 8 nitrogen and oxygen atoms in total. The van der Waals surface area contributed by atoms with E-state index in [1.807, 2.05) is 12.1 Å². The highest BCUT2D eigenvalue weighted by Gasteiger charge is 2.37. The zero-order valence-corrected chi connectivity index (χ0v) is 16.0. The quantitative estimate of drug-likeness (QED) is 0.627. The number of rotatable bonds is 3. The largest absolute Gasteiger partial charge is 0.486 e. The van der Waals surface area contributed by atoms with E-state index in [2.05, 4.69) is 15.9 Å². The van der Waals surface area contributed by atoms with E-state index in [0.29, 0.717) is 25.2 Å². The van der Waals surface area contributed by atoms with Crippen LogP contribution in [0.5, 0.6) is 11.5 Å². The predicted molar refractivity (Wildman–Crippen MR) is 107 cm³/mol. The Morgan fingerprint density at radius 2 is 1.86 bits per heavy atom. The summed E-state index contributed by atoms with van der Waals surface area (Å²) in [5, 5.41) is 21.9. The second kappa shape index (κ2) is 7.20. The van der Waals surface area contributed by atoms with Crippen LogP contribution in [0.2, 0.25) is 0 Å². The molecule has 1 saturated heterocycles. The van der Waals surface area contributed by atoms with Gasteiger partial charge in [0, 0.05) is 44.4 Å². The fraction of sp³-hybridized carbons (Fsp3) is 0.429. The van der Waals surface area contributed by atoms with Gasteiger partial charge in [-0.25, -0.2) is 0 Å². The molecule has 152 valence electrons. The fourth-order valence-corrected chi connectivity index (χ4v) is 4.63. The Kier molecular flexibility index (Phi) is 4.52. The number of aliphatic hydroxyl groups is 1. The Balaban J connectivity index is 1.29. The third kappa shape index (κ3) is 3.18. The van der Waals surface area contributed by atoms with Gasteiger partial charge in [-0.3, -0.25) is 15.0 Å². The van der Waals surface area contributed by atoms with Gasteiger partial charge in [0.15, 0.2) is 11.5 Å². The molecule has 8 heteroatoms. The standard InChI is InChI=1S/C21H23N3O5/c25-20-16-13-15(24(26)27)5-4-14(16)12-18(20)23-8-6-22(7-9-23)17-2-1-3-19-21(17)29-11-10-28-19/h1-5,13,18,20,25H,6-12H2. The molecule has 5 rings (SSSR count). The van der Waals surface area contributed by atoms with Crippen molar-refractivity contribution in [2.45, 2.75) is 18.6 Å². The van der Waals surface area contributed by atoms with E-state index in [9.17, 15) is 15.2 Å². The number of hydrogen-bond donors (Lipinski definition) is 1. The second-order valence-corrected chi connectivity index (χ2v) is 7.68. The normalized spacial score (nSPS) is 23.7. The number of fused-ring (bicyclic) bond motifs is 2. The topological polar surface area (TPSA) is 88.3 Å². The molecule has 2 unspecified atom stereocenters. The molecule has 0 spiro atoms. The summed E-state index contributed by atoms with van der Waals surface area (Å²) in [7, 11) is 0. The average molecular weight is 397 g/mol. The van der Waals surface area contributed by atoms with Gasteiger partial charge in [0.25, 0.3) is 5.69 Å². The van der Waals surface area contributed by atoms with Crippen molar-refractivity contribution >= 4 is 11.4 Å². The van der Waals surface area contributed by atoms with Crippen molar-refractivity contribution in [3.63, 3.8) is 0 Å². The van der Waals surface area contributed by atoms with Gasteiger partial charge in [-0.1, -0.05) is 12.1 Å². The van der Waals surface area contributed by atoms with Crippen LogP contribution < -0.4 is 14.4 Å². The van der Waals surface area contributed by atoms with Gasteiger partial charge >= 0.3 is 0 Å². The van der Waals surface area contributed by atoms with E-state index in [0.717, 1.165) is 48.9 Å². The Labute approximate surface area is 168 Å². The smallest absolute Gasteiger partial charge is 0.269 e. The molecule has 1 aliphatic carbocycles. The molecule has 1 N–H and O–H groups in total. The molecule has 2 atom stereocenters. The third-order valence-corrected chi connectivity index (χ3v) is 6.12. The SMILES string of the molecule is O=[N+]([O-])c1ccc2c(c1)C(O)C(N1CCN(c3cccc4c3OCCO4)CC1)C2. The lowest BCUT2D eigenvalue weighted by atomic mass is 10.1. The number of anilines is 1. The Bertz CT molecular complexity index is 942. The first-order chi connectivity index (χ1) is 14.1. The van der Waals surface area contributed by atoms with Gasteiger partial charge in [0.2, 0.25) is 0 Å². The number of ether oxygens (including phenoxy) is 2. The number of hydrogen-bond acceptors (Lipinski definition) is 7. The van der Waals surface area contributed by atoms with Crippen molar-refractivity contribution in [1.82, 2.24) is 4.90 Å². The van der Waals surface area contributed by atoms with Gasteiger partial charge < -0.3 is 19.5 Å². The van der Waals surface area contributed by atoms with E-state index in [4.69, 9.17) is 9.47 Å². The van der Waals surface area contributed by atoms with Crippen LogP contribution in [0.25, 0.3) is 0 Å². The van der Waals surface area contributed by atoms with Crippen molar-refractivity contribution in [2.24, 2.45) is 0 Å². The van der Waals surface area contributed by atoms with Gasteiger partial charge in [0.1, 0.15) is 13.2 Å². The highest BCUT2D eigenvalue weighted by atomic mass is 16.6. The zero-order valence-electron chi connectivity index (χ0n) is 16.0. The maximum Gasteiger partial charge on any atom is 0.269 e. The Morgan fingerprint density at radius 1 is 1.07 bits per heavy atom. The maximum absolute atomic E-state index is 11.1. The molecular weight excluding hydrogens is 374 g/mol. The number of para-hydroxylation sites is 1. The Morgan fingerprint density at radius 3 is 2.66 bits per heavy atom. The summed E-state index contributed by atoms with van der Waals surface area (Å²) in [4.78, 5) is 15.2. The molecule has 1 fully saturated rings. The molecular formula is C21H23N3O5. The van der Waals surface area contributed by atoms with E-state index >= 15 is 0 Å². The number of nitro benzene ring substituents is 1. The molecule has 2 aromatic carbocycles. The number of nitro groups is 1. The van der Waals surface area contributed by atoms with Crippen LogP contribution >= 0.6 is 0 Å². The second-order valence-electron chi connectivity index (χ2n) is 7.68. The van der Waals surface area contributed by atoms with Crippen molar-refractivity contribution < 1.29 is 19.5 Å². The van der Waals surface area contributed by atoms with Crippen LogP contribution in [0.3, 0.4) is 0 Å². The number of aliphatic hydroxyl groups excluding tert-OH is 1. The summed E-state index contributed by atoms with van der Waals surface area (Å²) in [6, 6.07) is 10.7. The molecule has 0 saturated carbocycles. The maximum atomic E-state index is 11.1. The van der Waals surface area contributed by atoms with E-state index in [1.165, 1.54) is 12.1 Å². The van der Waals surface area contributed by atoms with Crippen molar-refractivity contribution in [2.75, 3.05) is 44.3 Å². The predicted octanol–water partition coefficient (Wildman–Crippen LogP) is 2.15. The average Bonchev–Trinajstić information content (AvgIpc) is 3.09. The van der Waals surface area contributed by atoms with Crippen molar-refractivity contribution in [1.29, 1.82) is 0 Å². The molecule has 29 heavy (non-hydrogen) atoms. The highest BCUT2D eigenvalue weighted by Crippen LogP contribution is 2.41. The molecule has 3 aliphatic rings.